The van der Waals surface area contributed by atoms with Crippen molar-refractivity contribution >= 4 is 5.91 Å². The summed E-state index contributed by atoms with van der Waals surface area (Å²) in [4.78, 5) is 14.1. The van der Waals surface area contributed by atoms with E-state index in [0.29, 0.717) is 18.5 Å². The first-order valence-corrected chi connectivity index (χ1v) is 7.75. The lowest BCUT2D eigenvalue weighted by molar-refractivity contribution is -0.122. The third-order valence-electron chi connectivity index (χ3n) is 3.94. The molecule has 0 aromatic heterocycles. The molecule has 1 saturated heterocycles. The Balaban J connectivity index is 2.21. The molecule has 0 spiro atoms. The van der Waals surface area contributed by atoms with Crippen molar-refractivity contribution in [1.82, 2.24) is 15.5 Å². The molecule has 0 aliphatic carbocycles. The number of carbonyl (C=O) groups is 1. The monoisotopic (exact) mass is 269 g/mol. The Hall–Kier alpha value is -0.610. The first-order valence-electron chi connectivity index (χ1n) is 7.75. The van der Waals surface area contributed by atoms with Crippen LogP contribution in [0.25, 0.3) is 0 Å². The number of amides is 1. The van der Waals surface area contributed by atoms with Crippen molar-refractivity contribution in [1.29, 1.82) is 0 Å². The summed E-state index contributed by atoms with van der Waals surface area (Å²) in [6, 6.07) is 0.599. The maximum absolute atomic E-state index is 11.8. The van der Waals surface area contributed by atoms with E-state index >= 15 is 0 Å². The molecule has 0 saturated carbocycles. The first kappa shape index (κ1) is 16.4. The fraction of sp³-hybridized carbons (Fsp3) is 0.933. The molecule has 1 fully saturated rings. The Morgan fingerprint density at radius 1 is 1.26 bits per heavy atom. The summed E-state index contributed by atoms with van der Waals surface area (Å²) in [5.74, 6) is 1.46. The molecular weight excluding hydrogens is 238 g/mol. The molecule has 1 aliphatic rings. The van der Waals surface area contributed by atoms with Gasteiger partial charge in [0.1, 0.15) is 0 Å². The summed E-state index contributed by atoms with van der Waals surface area (Å²) in [5, 5.41) is 6.50. The lowest BCUT2D eigenvalue weighted by atomic mass is 9.90. The zero-order valence-electron chi connectivity index (χ0n) is 13.0. The van der Waals surface area contributed by atoms with Crippen LogP contribution in [0.15, 0.2) is 0 Å². The van der Waals surface area contributed by atoms with Gasteiger partial charge in [-0.05, 0) is 51.2 Å². The van der Waals surface area contributed by atoms with E-state index in [9.17, 15) is 4.79 Å². The van der Waals surface area contributed by atoms with Crippen LogP contribution in [0.3, 0.4) is 0 Å². The van der Waals surface area contributed by atoms with Gasteiger partial charge < -0.3 is 10.6 Å². The highest BCUT2D eigenvalue weighted by atomic mass is 16.2. The van der Waals surface area contributed by atoms with E-state index < -0.39 is 0 Å². The van der Waals surface area contributed by atoms with Crippen molar-refractivity contribution in [2.75, 3.05) is 32.7 Å². The van der Waals surface area contributed by atoms with Crippen LogP contribution >= 0.6 is 0 Å². The van der Waals surface area contributed by atoms with Crippen LogP contribution in [-0.4, -0.2) is 49.6 Å². The van der Waals surface area contributed by atoms with E-state index in [1.165, 1.54) is 12.8 Å². The number of nitrogens with zero attached hydrogens (tertiary/aromatic N) is 1. The van der Waals surface area contributed by atoms with Gasteiger partial charge in [0.25, 0.3) is 0 Å². The average Bonchev–Trinajstić information content (AvgIpc) is 2.37. The second kappa shape index (κ2) is 8.54. The van der Waals surface area contributed by atoms with Crippen LogP contribution in [0.1, 0.15) is 40.5 Å². The van der Waals surface area contributed by atoms with E-state index in [1.54, 1.807) is 0 Å². The lowest BCUT2D eigenvalue weighted by Gasteiger charge is -2.34. The van der Waals surface area contributed by atoms with Crippen LogP contribution in [0, 0.1) is 11.8 Å². The molecule has 1 aliphatic heterocycles. The minimum absolute atomic E-state index is 0.173. The fourth-order valence-corrected chi connectivity index (χ4v) is 2.68. The molecule has 112 valence electrons. The summed E-state index contributed by atoms with van der Waals surface area (Å²) in [6.45, 7) is 13.2. The number of likely N-dealkylation sites (tertiary alicyclic amines) is 1. The minimum atomic E-state index is 0.173. The van der Waals surface area contributed by atoms with Crippen LogP contribution in [-0.2, 0) is 4.79 Å². The molecule has 0 bridgehead atoms. The maximum atomic E-state index is 11.8. The molecular formula is C15H31N3O. The fourth-order valence-electron chi connectivity index (χ4n) is 2.68. The van der Waals surface area contributed by atoms with E-state index in [4.69, 9.17) is 0 Å². The second-order valence-electron chi connectivity index (χ2n) is 6.16. The highest BCUT2D eigenvalue weighted by Crippen LogP contribution is 2.20. The summed E-state index contributed by atoms with van der Waals surface area (Å²) in [7, 11) is 0. The zero-order chi connectivity index (χ0) is 14.3. The highest BCUT2D eigenvalue weighted by Gasteiger charge is 2.24. The molecule has 1 atom stereocenters. The van der Waals surface area contributed by atoms with E-state index in [-0.39, 0.29) is 5.91 Å². The van der Waals surface area contributed by atoms with Crippen molar-refractivity contribution < 1.29 is 4.79 Å². The van der Waals surface area contributed by atoms with Crippen molar-refractivity contribution in [3.8, 4) is 0 Å². The van der Waals surface area contributed by atoms with Crippen molar-refractivity contribution in [2.45, 2.75) is 46.6 Å². The van der Waals surface area contributed by atoms with E-state index in [0.717, 1.165) is 32.1 Å². The third kappa shape index (κ3) is 6.39. The largest absolute Gasteiger partial charge is 0.355 e. The van der Waals surface area contributed by atoms with Gasteiger partial charge in [-0.15, -0.1) is 0 Å². The molecule has 0 aromatic rings. The number of hydrogen-bond donors (Lipinski definition) is 2. The molecule has 0 aromatic carbocycles. The van der Waals surface area contributed by atoms with Gasteiger partial charge in [0.15, 0.2) is 0 Å². The Morgan fingerprint density at radius 3 is 2.42 bits per heavy atom. The molecule has 0 radical (unpaired) electrons. The Labute approximate surface area is 118 Å². The summed E-state index contributed by atoms with van der Waals surface area (Å²) in [5.41, 5.74) is 0. The normalized spacial score (nSPS) is 19.6. The van der Waals surface area contributed by atoms with Gasteiger partial charge in [-0.1, -0.05) is 20.8 Å². The Kier molecular flexibility index (Phi) is 7.39. The van der Waals surface area contributed by atoms with Crippen LogP contribution < -0.4 is 10.6 Å². The van der Waals surface area contributed by atoms with Gasteiger partial charge in [0.2, 0.25) is 5.91 Å². The molecule has 19 heavy (non-hydrogen) atoms. The SMILES string of the molecule is CCNC(C)C1CCN(CC(=O)NCC(C)C)CC1. The predicted molar refractivity (Wildman–Crippen MR) is 80.2 cm³/mol. The van der Waals surface area contributed by atoms with E-state index in [2.05, 4.69) is 43.2 Å². The summed E-state index contributed by atoms with van der Waals surface area (Å²) < 4.78 is 0. The molecule has 1 amide bonds. The smallest absolute Gasteiger partial charge is 0.234 e. The number of rotatable bonds is 7. The van der Waals surface area contributed by atoms with Crippen molar-refractivity contribution in [2.24, 2.45) is 11.8 Å². The number of hydrogen-bond acceptors (Lipinski definition) is 3. The highest BCUT2D eigenvalue weighted by molar-refractivity contribution is 5.78. The third-order valence-corrected chi connectivity index (χ3v) is 3.94. The molecule has 4 nitrogen and oxygen atoms in total. The predicted octanol–water partition coefficient (Wildman–Crippen LogP) is 1.47. The summed E-state index contributed by atoms with van der Waals surface area (Å²) >= 11 is 0. The zero-order valence-corrected chi connectivity index (χ0v) is 13.0. The number of piperidine rings is 1. The van der Waals surface area contributed by atoms with Gasteiger partial charge in [-0.25, -0.2) is 0 Å². The van der Waals surface area contributed by atoms with Gasteiger partial charge in [-0.3, -0.25) is 9.69 Å². The maximum Gasteiger partial charge on any atom is 0.234 e. The number of nitrogens with one attached hydrogen (secondary N) is 2. The van der Waals surface area contributed by atoms with Crippen molar-refractivity contribution in [3.05, 3.63) is 0 Å². The first-order chi connectivity index (χ1) is 9.02. The lowest BCUT2D eigenvalue weighted by Crippen LogP contribution is -2.45. The molecule has 2 N–H and O–H groups in total. The average molecular weight is 269 g/mol. The van der Waals surface area contributed by atoms with Gasteiger partial charge >= 0.3 is 0 Å². The van der Waals surface area contributed by atoms with Crippen LogP contribution in [0.2, 0.25) is 0 Å². The van der Waals surface area contributed by atoms with Gasteiger partial charge in [0.05, 0.1) is 6.54 Å². The van der Waals surface area contributed by atoms with Crippen LogP contribution in [0.5, 0.6) is 0 Å². The van der Waals surface area contributed by atoms with Gasteiger partial charge in [-0.2, -0.15) is 0 Å². The Bertz CT molecular complexity index is 260. The number of carbonyl (C=O) groups excluding carboxylic acids is 1. The minimum Gasteiger partial charge on any atom is -0.355 e. The van der Waals surface area contributed by atoms with E-state index in [1.807, 2.05) is 0 Å². The Morgan fingerprint density at radius 2 is 1.89 bits per heavy atom. The summed E-state index contributed by atoms with van der Waals surface area (Å²) in [6.07, 6.45) is 2.40. The molecule has 1 unspecified atom stereocenters. The second-order valence-corrected chi connectivity index (χ2v) is 6.16. The molecule has 4 heteroatoms. The standard InChI is InChI=1S/C15H31N3O/c1-5-16-13(4)14-6-8-18(9-7-14)11-15(19)17-10-12(2)3/h12-14,16H,5-11H2,1-4H3,(H,17,19). The molecule has 1 heterocycles. The van der Waals surface area contributed by atoms with Gasteiger partial charge in [0, 0.05) is 12.6 Å². The van der Waals surface area contributed by atoms with Crippen LogP contribution in [0.4, 0.5) is 0 Å². The molecule has 1 rings (SSSR count). The van der Waals surface area contributed by atoms with Crippen molar-refractivity contribution in [3.63, 3.8) is 0 Å². The quantitative estimate of drug-likeness (QED) is 0.735. The topological polar surface area (TPSA) is 44.4 Å².